The quantitative estimate of drug-likeness (QED) is 0.747. The number of aromatic nitrogens is 3. The van der Waals surface area contributed by atoms with Gasteiger partial charge in [-0.25, -0.2) is 4.98 Å². The molecule has 0 spiro atoms. The van der Waals surface area contributed by atoms with Crippen molar-refractivity contribution < 1.29 is 5.11 Å². The summed E-state index contributed by atoms with van der Waals surface area (Å²) in [5.41, 5.74) is 3.36. The second kappa shape index (κ2) is 6.82. The number of rotatable bonds is 5. The highest BCUT2D eigenvalue weighted by molar-refractivity contribution is 5.41. The maximum Gasteiger partial charge on any atom is 0.220 e. The molecule has 5 heteroatoms. The van der Waals surface area contributed by atoms with Gasteiger partial charge in [-0.2, -0.15) is 9.78 Å². The fourth-order valence-corrected chi connectivity index (χ4v) is 4.26. The SMILES string of the molecule is Oc1c2c(nn1-c1ccccn1)CCCC2N(Cc1ccccc1)C1CC1. The van der Waals surface area contributed by atoms with Gasteiger partial charge in [-0.3, -0.25) is 4.90 Å². The highest BCUT2D eigenvalue weighted by atomic mass is 16.3. The van der Waals surface area contributed by atoms with Crippen molar-refractivity contribution in [3.63, 3.8) is 0 Å². The van der Waals surface area contributed by atoms with Crippen LogP contribution in [0.15, 0.2) is 54.7 Å². The molecular weight excluding hydrogens is 336 g/mol. The van der Waals surface area contributed by atoms with E-state index in [1.807, 2.05) is 18.2 Å². The third-order valence-corrected chi connectivity index (χ3v) is 5.69. The Morgan fingerprint density at radius 3 is 2.59 bits per heavy atom. The van der Waals surface area contributed by atoms with Gasteiger partial charge in [0.25, 0.3) is 0 Å². The largest absolute Gasteiger partial charge is 0.493 e. The number of nitrogens with zero attached hydrogens (tertiary/aromatic N) is 4. The number of aryl methyl sites for hydroxylation is 1. The van der Waals surface area contributed by atoms with E-state index in [0.717, 1.165) is 37.1 Å². The van der Waals surface area contributed by atoms with E-state index >= 15 is 0 Å². The second-order valence-electron chi connectivity index (χ2n) is 7.58. The molecule has 1 unspecified atom stereocenters. The number of hydrogen-bond donors (Lipinski definition) is 1. The molecule has 0 radical (unpaired) electrons. The summed E-state index contributed by atoms with van der Waals surface area (Å²) >= 11 is 0. The van der Waals surface area contributed by atoms with Crippen LogP contribution in [0.3, 0.4) is 0 Å². The minimum Gasteiger partial charge on any atom is -0.493 e. The zero-order valence-electron chi connectivity index (χ0n) is 15.3. The molecule has 2 aromatic heterocycles. The molecule has 2 aliphatic rings. The van der Waals surface area contributed by atoms with Crippen molar-refractivity contribution >= 4 is 0 Å². The molecule has 0 aliphatic heterocycles. The zero-order valence-corrected chi connectivity index (χ0v) is 15.3. The van der Waals surface area contributed by atoms with Crippen molar-refractivity contribution in [2.75, 3.05) is 0 Å². The summed E-state index contributed by atoms with van der Waals surface area (Å²) in [7, 11) is 0. The van der Waals surface area contributed by atoms with Crippen LogP contribution >= 0.6 is 0 Å². The molecule has 2 heterocycles. The van der Waals surface area contributed by atoms with Crippen molar-refractivity contribution in [2.45, 2.75) is 50.7 Å². The first-order valence-electron chi connectivity index (χ1n) is 9.83. The van der Waals surface area contributed by atoms with Gasteiger partial charge < -0.3 is 5.11 Å². The Morgan fingerprint density at radius 2 is 1.85 bits per heavy atom. The average molecular weight is 360 g/mol. The van der Waals surface area contributed by atoms with Gasteiger partial charge in [-0.1, -0.05) is 36.4 Å². The zero-order chi connectivity index (χ0) is 18.2. The smallest absolute Gasteiger partial charge is 0.220 e. The molecule has 0 saturated heterocycles. The molecule has 1 saturated carbocycles. The van der Waals surface area contributed by atoms with E-state index in [9.17, 15) is 5.11 Å². The Bertz CT molecular complexity index is 918. The molecule has 5 nitrogen and oxygen atoms in total. The predicted octanol–water partition coefficient (Wildman–Crippen LogP) is 4.01. The molecular formula is C22H24N4O. The second-order valence-corrected chi connectivity index (χ2v) is 7.58. The number of fused-ring (bicyclic) bond motifs is 1. The van der Waals surface area contributed by atoms with E-state index in [1.165, 1.54) is 18.4 Å². The normalized spacial score (nSPS) is 19.2. The minimum atomic E-state index is 0.221. The van der Waals surface area contributed by atoms with E-state index in [1.54, 1.807) is 10.9 Å². The molecule has 2 aliphatic carbocycles. The molecule has 1 aromatic carbocycles. The van der Waals surface area contributed by atoms with Crippen LogP contribution in [0.4, 0.5) is 0 Å². The first-order chi connectivity index (χ1) is 13.3. The van der Waals surface area contributed by atoms with Crippen molar-refractivity contribution in [2.24, 2.45) is 0 Å². The standard InChI is InChI=1S/C22H24N4O/c27-22-21-18(24-26(22)20-11-4-5-14-23-20)9-6-10-19(21)25(17-12-13-17)15-16-7-2-1-3-8-16/h1-5,7-8,11,14,17,19,27H,6,9-10,12-13,15H2. The summed E-state index contributed by atoms with van der Waals surface area (Å²) in [5.74, 6) is 0.927. The van der Waals surface area contributed by atoms with E-state index in [-0.39, 0.29) is 11.9 Å². The van der Waals surface area contributed by atoms with Crippen LogP contribution in [-0.2, 0) is 13.0 Å². The Hall–Kier alpha value is -2.66. The van der Waals surface area contributed by atoms with E-state index in [0.29, 0.717) is 11.9 Å². The predicted molar refractivity (Wildman–Crippen MR) is 104 cm³/mol. The minimum absolute atomic E-state index is 0.221. The third-order valence-electron chi connectivity index (χ3n) is 5.69. The van der Waals surface area contributed by atoms with Crippen LogP contribution in [0.5, 0.6) is 5.88 Å². The van der Waals surface area contributed by atoms with Crippen molar-refractivity contribution in [1.82, 2.24) is 19.7 Å². The fraction of sp³-hybridized carbons (Fsp3) is 0.364. The molecule has 27 heavy (non-hydrogen) atoms. The van der Waals surface area contributed by atoms with E-state index < -0.39 is 0 Å². The molecule has 3 aromatic rings. The number of pyridine rings is 1. The van der Waals surface area contributed by atoms with Gasteiger partial charge >= 0.3 is 0 Å². The maximum atomic E-state index is 11.0. The fourth-order valence-electron chi connectivity index (χ4n) is 4.26. The summed E-state index contributed by atoms with van der Waals surface area (Å²) in [4.78, 5) is 6.95. The Kier molecular flexibility index (Phi) is 4.17. The van der Waals surface area contributed by atoms with Crippen molar-refractivity contribution in [3.8, 4) is 11.7 Å². The Labute approximate surface area is 159 Å². The molecule has 1 atom stereocenters. The Morgan fingerprint density at radius 1 is 1.04 bits per heavy atom. The molecule has 1 N–H and O–H groups in total. The lowest BCUT2D eigenvalue weighted by atomic mass is 9.91. The highest BCUT2D eigenvalue weighted by Crippen LogP contribution is 2.45. The molecule has 138 valence electrons. The van der Waals surface area contributed by atoms with E-state index in [2.05, 4.69) is 40.2 Å². The molecule has 5 rings (SSSR count). The lowest BCUT2D eigenvalue weighted by Crippen LogP contribution is -2.32. The third kappa shape index (κ3) is 3.12. The maximum absolute atomic E-state index is 11.0. The number of aromatic hydroxyl groups is 1. The Balaban J connectivity index is 1.52. The first-order valence-corrected chi connectivity index (χ1v) is 9.83. The van der Waals surface area contributed by atoms with Gasteiger partial charge in [-0.15, -0.1) is 0 Å². The van der Waals surface area contributed by atoms with Crippen molar-refractivity contribution in [1.29, 1.82) is 0 Å². The summed E-state index contributed by atoms with van der Waals surface area (Å²) < 4.78 is 1.61. The van der Waals surface area contributed by atoms with Crippen LogP contribution in [0.1, 0.15) is 48.5 Å². The van der Waals surface area contributed by atoms with Gasteiger partial charge in [-0.05, 0) is 49.8 Å². The van der Waals surface area contributed by atoms with Crippen LogP contribution in [0.2, 0.25) is 0 Å². The summed E-state index contributed by atoms with van der Waals surface area (Å²) in [5, 5.41) is 15.8. The number of hydrogen-bond acceptors (Lipinski definition) is 4. The monoisotopic (exact) mass is 360 g/mol. The molecule has 0 amide bonds. The average Bonchev–Trinajstić information content (AvgIpc) is 3.51. The summed E-state index contributed by atoms with van der Waals surface area (Å²) in [6.07, 6.45) is 7.32. The van der Waals surface area contributed by atoms with Crippen molar-refractivity contribution in [3.05, 3.63) is 71.5 Å². The van der Waals surface area contributed by atoms with Gasteiger partial charge in [0.1, 0.15) is 0 Å². The first kappa shape index (κ1) is 16.5. The molecule has 0 bridgehead atoms. The number of benzene rings is 1. The topological polar surface area (TPSA) is 54.2 Å². The van der Waals surface area contributed by atoms with Gasteiger partial charge in [0.15, 0.2) is 5.82 Å². The summed E-state index contributed by atoms with van der Waals surface area (Å²) in [6.45, 7) is 0.920. The molecule has 1 fully saturated rings. The summed E-state index contributed by atoms with van der Waals surface area (Å²) in [6, 6.07) is 17.2. The van der Waals surface area contributed by atoms with Gasteiger partial charge in [0, 0.05) is 24.8 Å². The highest BCUT2D eigenvalue weighted by Gasteiger charge is 2.39. The van der Waals surface area contributed by atoms with Crippen LogP contribution in [0.25, 0.3) is 5.82 Å². The van der Waals surface area contributed by atoms with Crippen LogP contribution < -0.4 is 0 Å². The van der Waals surface area contributed by atoms with Crippen LogP contribution in [-0.4, -0.2) is 30.8 Å². The lowest BCUT2D eigenvalue weighted by molar-refractivity contribution is 0.156. The van der Waals surface area contributed by atoms with E-state index in [4.69, 9.17) is 5.10 Å². The van der Waals surface area contributed by atoms with Crippen LogP contribution in [0, 0.1) is 0 Å². The van der Waals surface area contributed by atoms with Gasteiger partial charge in [0.2, 0.25) is 5.88 Å². The lowest BCUT2D eigenvalue weighted by Gasteiger charge is -2.34. The van der Waals surface area contributed by atoms with Gasteiger partial charge in [0.05, 0.1) is 11.3 Å².